The summed E-state index contributed by atoms with van der Waals surface area (Å²) in [6.45, 7) is 4.04. The molecule has 1 rings (SSSR count). The summed E-state index contributed by atoms with van der Waals surface area (Å²) in [7, 11) is 0. The van der Waals surface area contributed by atoms with Crippen LogP contribution in [0, 0.1) is 0 Å². The van der Waals surface area contributed by atoms with Gasteiger partial charge >= 0.3 is 6.18 Å². The third-order valence-corrected chi connectivity index (χ3v) is 2.89. The fourth-order valence-corrected chi connectivity index (χ4v) is 1.61. The van der Waals surface area contributed by atoms with Gasteiger partial charge in [0.25, 0.3) is 0 Å². The van der Waals surface area contributed by atoms with E-state index in [9.17, 15) is 18.3 Å². The molecule has 0 aliphatic carbocycles. The standard InChI is InChI=1S/C13H18F3NO.ClH/c1-8(2)9-3-5-10(6-4-9)11(18)7-12(17)13(14,15)16;/h3-6,8,11-12,18H,7,17H2,1-2H3;1H/t11-,12+;/m0./s1. The highest BCUT2D eigenvalue weighted by Gasteiger charge is 2.37. The molecule has 3 N–H and O–H groups in total. The number of hydrogen-bond acceptors (Lipinski definition) is 2. The van der Waals surface area contributed by atoms with Crippen molar-refractivity contribution in [2.75, 3.05) is 0 Å². The molecule has 1 aromatic carbocycles. The first-order chi connectivity index (χ1) is 8.21. The van der Waals surface area contributed by atoms with Crippen LogP contribution in [0.25, 0.3) is 0 Å². The Labute approximate surface area is 117 Å². The largest absolute Gasteiger partial charge is 0.403 e. The van der Waals surface area contributed by atoms with Crippen molar-refractivity contribution in [3.63, 3.8) is 0 Å². The van der Waals surface area contributed by atoms with E-state index in [1.165, 1.54) is 0 Å². The molecule has 0 spiro atoms. The van der Waals surface area contributed by atoms with Crippen molar-refractivity contribution in [3.8, 4) is 0 Å². The number of halogens is 4. The molecule has 6 heteroatoms. The SMILES string of the molecule is CC(C)c1ccc([C@@H](O)C[C@@H](N)C(F)(F)F)cc1.Cl. The quantitative estimate of drug-likeness (QED) is 0.893. The van der Waals surface area contributed by atoms with Crippen molar-refractivity contribution in [1.82, 2.24) is 0 Å². The van der Waals surface area contributed by atoms with E-state index in [0.29, 0.717) is 11.5 Å². The summed E-state index contributed by atoms with van der Waals surface area (Å²) in [5.74, 6) is 0.341. The van der Waals surface area contributed by atoms with Gasteiger partial charge in [-0.05, 0) is 17.0 Å². The summed E-state index contributed by atoms with van der Waals surface area (Å²) in [6, 6.07) is 4.90. The normalized spacial score (nSPS) is 14.9. The van der Waals surface area contributed by atoms with Gasteiger partial charge in [0.1, 0.15) is 6.04 Å². The van der Waals surface area contributed by atoms with E-state index in [-0.39, 0.29) is 12.4 Å². The monoisotopic (exact) mass is 297 g/mol. The molecule has 1 aromatic rings. The maximum atomic E-state index is 12.3. The Bertz CT molecular complexity index is 378. The van der Waals surface area contributed by atoms with Gasteiger partial charge in [-0.2, -0.15) is 13.2 Å². The lowest BCUT2D eigenvalue weighted by atomic mass is 9.97. The van der Waals surface area contributed by atoms with Crippen LogP contribution in [0.4, 0.5) is 13.2 Å². The van der Waals surface area contributed by atoms with E-state index in [1.807, 2.05) is 26.0 Å². The van der Waals surface area contributed by atoms with Crippen molar-refractivity contribution in [2.45, 2.75) is 44.5 Å². The van der Waals surface area contributed by atoms with Crippen molar-refractivity contribution in [2.24, 2.45) is 5.73 Å². The van der Waals surface area contributed by atoms with Crippen LogP contribution in [-0.4, -0.2) is 17.3 Å². The van der Waals surface area contributed by atoms with E-state index in [4.69, 9.17) is 5.73 Å². The summed E-state index contributed by atoms with van der Waals surface area (Å²) < 4.78 is 36.8. The van der Waals surface area contributed by atoms with E-state index in [1.54, 1.807) is 12.1 Å². The Morgan fingerprint density at radius 1 is 1.11 bits per heavy atom. The first kappa shape index (κ1) is 18.2. The Hall–Kier alpha value is -0.780. The van der Waals surface area contributed by atoms with Crippen LogP contribution in [0.15, 0.2) is 24.3 Å². The van der Waals surface area contributed by atoms with E-state index < -0.39 is 24.7 Å². The third-order valence-electron chi connectivity index (χ3n) is 2.89. The average molecular weight is 298 g/mol. The molecule has 0 bridgehead atoms. The summed E-state index contributed by atoms with van der Waals surface area (Å²) in [5.41, 5.74) is 6.51. The minimum absolute atomic E-state index is 0. The molecular formula is C13H19ClF3NO. The summed E-state index contributed by atoms with van der Waals surface area (Å²) >= 11 is 0. The molecule has 2 atom stereocenters. The van der Waals surface area contributed by atoms with Gasteiger partial charge in [0.05, 0.1) is 6.10 Å². The van der Waals surface area contributed by atoms with Crippen molar-refractivity contribution in [1.29, 1.82) is 0 Å². The molecule has 0 radical (unpaired) electrons. The van der Waals surface area contributed by atoms with E-state index in [0.717, 1.165) is 5.56 Å². The zero-order valence-electron chi connectivity index (χ0n) is 10.8. The molecule has 0 saturated heterocycles. The molecule has 0 aliphatic heterocycles. The maximum absolute atomic E-state index is 12.3. The second kappa shape index (κ2) is 7.12. The molecule has 0 aromatic heterocycles. The topological polar surface area (TPSA) is 46.2 Å². The van der Waals surface area contributed by atoms with Crippen LogP contribution in [0.2, 0.25) is 0 Å². The minimum atomic E-state index is -4.47. The lowest BCUT2D eigenvalue weighted by Crippen LogP contribution is -2.38. The van der Waals surface area contributed by atoms with Gasteiger partial charge in [-0.1, -0.05) is 38.1 Å². The second-order valence-corrected chi connectivity index (χ2v) is 4.72. The average Bonchev–Trinajstić information content (AvgIpc) is 2.27. The number of nitrogens with two attached hydrogens (primary N) is 1. The van der Waals surface area contributed by atoms with E-state index in [2.05, 4.69) is 0 Å². The van der Waals surface area contributed by atoms with Crippen LogP contribution < -0.4 is 5.73 Å². The lowest BCUT2D eigenvalue weighted by Gasteiger charge is -2.19. The molecule has 2 nitrogen and oxygen atoms in total. The highest BCUT2D eigenvalue weighted by atomic mass is 35.5. The van der Waals surface area contributed by atoms with Gasteiger partial charge in [0.2, 0.25) is 0 Å². The molecule has 0 fully saturated rings. The predicted octanol–water partition coefficient (Wildman–Crippen LogP) is 3.54. The highest BCUT2D eigenvalue weighted by Crippen LogP contribution is 2.27. The fraction of sp³-hybridized carbons (Fsp3) is 0.538. The predicted molar refractivity (Wildman–Crippen MR) is 71.4 cm³/mol. The van der Waals surface area contributed by atoms with Crippen LogP contribution in [0.1, 0.15) is 43.4 Å². The van der Waals surface area contributed by atoms with E-state index >= 15 is 0 Å². The molecule has 0 aliphatic rings. The summed E-state index contributed by atoms with van der Waals surface area (Å²) in [4.78, 5) is 0. The zero-order chi connectivity index (χ0) is 13.9. The third kappa shape index (κ3) is 5.38. The number of rotatable bonds is 4. The molecule has 0 saturated carbocycles. The lowest BCUT2D eigenvalue weighted by molar-refractivity contribution is -0.153. The molecule has 0 heterocycles. The maximum Gasteiger partial charge on any atom is 0.403 e. The van der Waals surface area contributed by atoms with Gasteiger partial charge in [0.15, 0.2) is 0 Å². The van der Waals surface area contributed by atoms with Crippen LogP contribution >= 0.6 is 12.4 Å². The fourth-order valence-electron chi connectivity index (χ4n) is 1.61. The highest BCUT2D eigenvalue weighted by molar-refractivity contribution is 5.85. The Morgan fingerprint density at radius 3 is 1.89 bits per heavy atom. The number of alkyl halides is 3. The van der Waals surface area contributed by atoms with Crippen molar-refractivity contribution in [3.05, 3.63) is 35.4 Å². The summed E-state index contributed by atoms with van der Waals surface area (Å²) in [5, 5.41) is 9.70. The molecule has 110 valence electrons. The minimum Gasteiger partial charge on any atom is -0.388 e. The van der Waals surface area contributed by atoms with Crippen LogP contribution in [0.3, 0.4) is 0 Å². The molecular weight excluding hydrogens is 279 g/mol. The van der Waals surface area contributed by atoms with Gasteiger partial charge in [-0.3, -0.25) is 0 Å². The first-order valence-electron chi connectivity index (χ1n) is 5.82. The smallest absolute Gasteiger partial charge is 0.388 e. The van der Waals surface area contributed by atoms with Gasteiger partial charge in [-0.15, -0.1) is 12.4 Å². The van der Waals surface area contributed by atoms with Gasteiger partial charge in [-0.25, -0.2) is 0 Å². The summed E-state index contributed by atoms with van der Waals surface area (Å²) in [6.07, 6.45) is -6.19. The number of hydrogen-bond donors (Lipinski definition) is 2. The Morgan fingerprint density at radius 2 is 1.53 bits per heavy atom. The molecule has 0 amide bonds. The van der Waals surface area contributed by atoms with Crippen LogP contribution in [-0.2, 0) is 0 Å². The number of aliphatic hydroxyl groups is 1. The van der Waals surface area contributed by atoms with Crippen molar-refractivity contribution < 1.29 is 18.3 Å². The number of aliphatic hydroxyl groups excluding tert-OH is 1. The molecule has 0 unspecified atom stereocenters. The first-order valence-corrected chi connectivity index (χ1v) is 5.82. The Kier molecular flexibility index (Phi) is 6.83. The van der Waals surface area contributed by atoms with Gasteiger partial charge in [0, 0.05) is 6.42 Å². The second-order valence-electron chi connectivity index (χ2n) is 4.72. The van der Waals surface area contributed by atoms with Crippen molar-refractivity contribution >= 4 is 12.4 Å². The van der Waals surface area contributed by atoms with Crippen LogP contribution in [0.5, 0.6) is 0 Å². The Balaban J connectivity index is 0.00000324. The number of benzene rings is 1. The molecule has 19 heavy (non-hydrogen) atoms. The zero-order valence-corrected chi connectivity index (χ0v) is 11.6. The van der Waals surface area contributed by atoms with Gasteiger partial charge < -0.3 is 10.8 Å².